The third-order valence-electron chi connectivity index (χ3n) is 9.43. The molecule has 9 nitrogen and oxygen atoms in total. The third-order valence-corrected chi connectivity index (χ3v) is 9.43. The molecule has 0 radical (unpaired) electrons. The van der Waals surface area contributed by atoms with E-state index in [9.17, 15) is 30.0 Å². The summed E-state index contributed by atoms with van der Waals surface area (Å²) in [5.41, 5.74) is 0.313. The van der Waals surface area contributed by atoms with Crippen molar-refractivity contribution in [3.8, 4) is 0 Å². The van der Waals surface area contributed by atoms with Crippen molar-refractivity contribution in [1.29, 1.82) is 0 Å². The zero-order valence-electron chi connectivity index (χ0n) is 29.1. The van der Waals surface area contributed by atoms with Gasteiger partial charge in [-0.2, -0.15) is 0 Å². The highest BCUT2D eigenvalue weighted by Crippen LogP contribution is 2.29. The first-order valence-corrected chi connectivity index (χ1v) is 18.5. The summed E-state index contributed by atoms with van der Waals surface area (Å²) in [4.78, 5) is 23.5. The number of carbonyl (C=O) groups excluding carboxylic acids is 2. The number of rotatable bonds is 27. The Morgan fingerprint density at radius 1 is 0.804 bits per heavy atom. The first-order chi connectivity index (χ1) is 22.0. The van der Waals surface area contributed by atoms with E-state index in [4.69, 9.17) is 14.2 Å². The highest BCUT2D eigenvalue weighted by molar-refractivity contribution is 5.91. The van der Waals surface area contributed by atoms with Gasteiger partial charge in [0.15, 0.2) is 0 Å². The van der Waals surface area contributed by atoms with Crippen LogP contribution in [0.15, 0.2) is 11.6 Å². The topological polar surface area (TPSA) is 143 Å². The van der Waals surface area contributed by atoms with E-state index in [0.29, 0.717) is 31.3 Å². The molecule has 1 fully saturated rings. The van der Waals surface area contributed by atoms with Crippen LogP contribution in [0.25, 0.3) is 0 Å². The fourth-order valence-corrected chi connectivity index (χ4v) is 6.76. The van der Waals surface area contributed by atoms with Crippen LogP contribution < -0.4 is 0 Å². The lowest BCUT2D eigenvalue weighted by atomic mass is 9.98. The summed E-state index contributed by atoms with van der Waals surface area (Å²) in [6.07, 6.45) is 21.2. The third kappa shape index (κ3) is 17.6. The number of cyclic esters (lactones) is 1. The molecule has 0 saturated carbocycles. The average Bonchev–Trinajstić information content (AvgIpc) is 3.59. The summed E-state index contributed by atoms with van der Waals surface area (Å²) in [6, 6.07) is 0. The Labute approximate surface area is 278 Å². The SMILES string of the molecule is CCCCCCCCCCCC[C@@H](O)[C@H]1CC[C@H]([C@H](O)CCCC[C@H](O)CCCCC[C@H](CC2=C[C@@](C)(O)OC2=O)OC(C)=O)O1. The molecule has 0 spiro atoms. The van der Waals surface area contributed by atoms with Crippen LogP contribution in [0.1, 0.15) is 168 Å². The summed E-state index contributed by atoms with van der Waals surface area (Å²) in [5, 5.41) is 41.6. The zero-order chi connectivity index (χ0) is 33.8. The van der Waals surface area contributed by atoms with Crippen molar-refractivity contribution in [3.63, 3.8) is 0 Å². The van der Waals surface area contributed by atoms with Gasteiger partial charge in [0.2, 0.25) is 5.79 Å². The molecule has 2 rings (SSSR count). The average molecular weight is 655 g/mol. The van der Waals surface area contributed by atoms with Crippen molar-refractivity contribution >= 4 is 11.9 Å². The minimum atomic E-state index is -1.62. The highest BCUT2D eigenvalue weighted by Gasteiger charge is 2.35. The number of aliphatic hydroxyl groups is 4. The number of ether oxygens (including phenoxy) is 3. The van der Waals surface area contributed by atoms with Crippen LogP contribution in [-0.4, -0.2) is 74.8 Å². The van der Waals surface area contributed by atoms with Crippen molar-refractivity contribution in [2.45, 2.75) is 211 Å². The van der Waals surface area contributed by atoms with E-state index in [1.54, 1.807) is 0 Å². The molecule has 2 aliphatic rings. The molecule has 0 aromatic carbocycles. The maximum atomic E-state index is 12.0. The number of esters is 2. The number of aliphatic hydroxyl groups excluding tert-OH is 3. The molecule has 0 aliphatic carbocycles. The molecular formula is C37H66O9. The summed E-state index contributed by atoms with van der Waals surface area (Å²) in [6.45, 7) is 4.97. The lowest BCUT2D eigenvalue weighted by Crippen LogP contribution is -2.31. The van der Waals surface area contributed by atoms with E-state index in [-0.39, 0.29) is 18.6 Å². The summed E-state index contributed by atoms with van der Waals surface area (Å²) in [5.74, 6) is -2.63. The molecule has 46 heavy (non-hydrogen) atoms. The van der Waals surface area contributed by atoms with Crippen LogP contribution in [0.4, 0.5) is 0 Å². The zero-order valence-corrected chi connectivity index (χ0v) is 29.1. The van der Waals surface area contributed by atoms with E-state index in [2.05, 4.69) is 6.92 Å². The quantitative estimate of drug-likeness (QED) is 0.0546. The van der Waals surface area contributed by atoms with Crippen LogP contribution in [0, 0.1) is 0 Å². The molecule has 0 aromatic rings. The van der Waals surface area contributed by atoms with Crippen molar-refractivity contribution < 1.29 is 44.2 Å². The predicted octanol–water partition coefficient (Wildman–Crippen LogP) is 6.95. The fourth-order valence-electron chi connectivity index (χ4n) is 6.76. The predicted molar refractivity (Wildman–Crippen MR) is 179 cm³/mol. The first-order valence-electron chi connectivity index (χ1n) is 18.5. The lowest BCUT2D eigenvalue weighted by molar-refractivity contribution is -0.173. The van der Waals surface area contributed by atoms with E-state index in [0.717, 1.165) is 64.2 Å². The lowest BCUT2D eigenvalue weighted by Gasteiger charge is -2.22. The van der Waals surface area contributed by atoms with Crippen LogP contribution in [0.3, 0.4) is 0 Å². The summed E-state index contributed by atoms with van der Waals surface area (Å²) < 4.78 is 16.3. The second kappa shape index (κ2) is 22.9. The summed E-state index contributed by atoms with van der Waals surface area (Å²) in [7, 11) is 0. The van der Waals surface area contributed by atoms with Crippen molar-refractivity contribution in [2.75, 3.05) is 0 Å². The molecular weight excluding hydrogens is 588 g/mol. The van der Waals surface area contributed by atoms with Gasteiger partial charge < -0.3 is 34.6 Å². The van der Waals surface area contributed by atoms with Gasteiger partial charge in [0, 0.05) is 25.8 Å². The molecule has 1 saturated heterocycles. The Bertz CT molecular complexity index is 873. The number of hydrogen-bond acceptors (Lipinski definition) is 9. The number of carbonyl (C=O) groups is 2. The van der Waals surface area contributed by atoms with Gasteiger partial charge in [0.1, 0.15) is 6.10 Å². The standard InChI is InChI=1S/C37H66O9/c1-4-5-6-7-8-9-10-11-12-16-22-32(40)34-24-25-35(45-34)33(41)23-18-17-20-30(39)19-14-13-15-21-31(44-28(2)38)26-29-27-37(3,43)46-36(29)42/h27,30-35,39-41,43H,4-26H2,1-3H3/t30-,31-,32-,33-,34-,35-,37+/m1/s1. The maximum Gasteiger partial charge on any atom is 0.336 e. The Hall–Kier alpha value is -1.52. The molecule has 9 heteroatoms. The molecule has 268 valence electrons. The van der Waals surface area contributed by atoms with Gasteiger partial charge in [0.25, 0.3) is 0 Å². The van der Waals surface area contributed by atoms with Crippen LogP contribution in [0.5, 0.6) is 0 Å². The molecule has 2 heterocycles. The minimum Gasteiger partial charge on any atom is -0.462 e. The monoisotopic (exact) mass is 654 g/mol. The molecule has 2 aliphatic heterocycles. The van der Waals surface area contributed by atoms with Gasteiger partial charge in [0.05, 0.1) is 30.5 Å². The molecule has 0 aromatic heterocycles. The Kier molecular flexibility index (Phi) is 20.3. The van der Waals surface area contributed by atoms with E-state index in [1.807, 2.05) is 0 Å². The Morgan fingerprint density at radius 2 is 1.26 bits per heavy atom. The first kappa shape index (κ1) is 40.7. The van der Waals surface area contributed by atoms with E-state index >= 15 is 0 Å². The number of unbranched alkanes of at least 4 members (excludes halogenated alkanes) is 12. The van der Waals surface area contributed by atoms with Crippen LogP contribution in [-0.2, 0) is 23.8 Å². The van der Waals surface area contributed by atoms with E-state index in [1.165, 1.54) is 71.3 Å². The fraction of sp³-hybridized carbons (Fsp3) is 0.892. The number of hydrogen-bond donors (Lipinski definition) is 4. The highest BCUT2D eigenvalue weighted by atomic mass is 16.7. The van der Waals surface area contributed by atoms with Gasteiger partial charge >= 0.3 is 11.9 Å². The Morgan fingerprint density at radius 3 is 1.78 bits per heavy atom. The van der Waals surface area contributed by atoms with Crippen LogP contribution in [0.2, 0.25) is 0 Å². The van der Waals surface area contributed by atoms with E-state index < -0.39 is 42.1 Å². The molecule has 0 unspecified atom stereocenters. The summed E-state index contributed by atoms with van der Waals surface area (Å²) >= 11 is 0. The van der Waals surface area contributed by atoms with Crippen molar-refractivity contribution in [3.05, 3.63) is 11.6 Å². The van der Waals surface area contributed by atoms with Gasteiger partial charge in [-0.05, 0) is 57.4 Å². The van der Waals surface area contributed by atoms with Gasteiger partial charge in [-0.1, -0.05) is 96.8 Å². The molecule has 0 amide bonds. The minimum absolute atomic E-state index is 0.169. The second-order valence-electron chi connectivity index (χ2n) is 14.0. The normalized spacial score (nSPS) is 24.0. The molecule has 4 N–H and O–H groups in total. The maximum absolute atomic E-state index is 12.0. The van der Waals surface area contributed by atoms with Crippen LogP contribution >= 0.6 is 0 Å². The molecule has 0 bridgehead atoms. The van der Waals surface area contributed by atoms with Crippen molar-refractivity contribution in [2.24, 2.45) is 0 Å². The Balaban J connectivity index is 1.49. The van der Waals surface area contributed by atoms with Gasteiger partial charge in [-0.25, -0.2) is 4.79 Å². The smallest absolute Gasteiger partial charge is 0.336 e. The molecule has 7 atom stereocenters. The second-order valence-corrected chi connectivity index (χ2v) is 14.0. The van der Waals surface area contributed by atoms with Gasteiger partial charge in [-0.3, -0.25) is 4.79 Å². The van der Waals surface area contributed by atoms with Gasteiger partial charge in [-0.15, -0.1) is 0 Å². The largest absolute Gasteiger partial charge is 0.462 e. The van der Waals surface area contributed by atoms with Crippen molar-refractivity contribution in [1.82, 2.24) is 0 Å².